The van der Waals surface area contributed by atoms with Crippen LogP contribution in [0.5, 0.6) is 5.75 Å². The van der Waals surface area contributed by atoms with E-state index in [9.17, 15) is 5.11 Å². The van der Waals surface area contributed by atoms with E-state index in [1.807, 2.05) is 0 Å². The molecule has 0 unspecified atom stereocenters. The molecule has 0 heterocycles. The second kappa shape index (κ2) is 6.33. The minimum absolute atomic E-state index is 0.0477. The van der Waals surface area contributed by atoms with Crippen LogP contribution in [0.25, 0.3) is 0 Å². The van der Waals surface area contributed by atoms with E-state index in [-0.39, 0.29) is 5.41 Å². The summed E-state index contributed by atoms with van der Waals surface area (Å²) in [5, 5.41) is 10.9. The average Bonchev–Trinajstić information content (AvgIpc) is 3.21. The third kappa shape index (κ3) is 2.90. The molecule has 0 saturated carbocycles. The van der Waals surface area contributed by atoms with E-state index < -0.39 is 0 Å². The first kappa shape index (κ1) is 17.5. The Kier molecular flexibility index (Phi) is 4.25. The number of rotatable bonds is 3. The predicted molar refractivity (Wildman–Crippen MR) is 109 cm³/mol. The summed E-state index contributed by atoms with van der Waals surface area (Å²) in [6, 6.07) is 8.70. The maximum atomic E-state index is 10.9. The lowest BCUT2D eigenvalue weighted by molar-refractivity contribution is 0.440. The van der Waals surface area contributed by atoms with E-state index in [0.717, 1.165) is 17.7 Å². The molecule has 0 aliphatic heterocycles. The fourth-order valence-electron chi connectivity index (χ4n) is 4.91. The molecule has 26 heavy (non-hydrogen) atoms. The van der Waals surface area contributed by atoms with Gasteiger partial charge in [0.25, 0.3) is 0 Å². The highest BCUT2D eigenvalue weighted by molar-refractivity contribution is 5.67. The summed E-state index contributed by atoms with van der Waals surface area (Å²) in [6.07, 6.45) is 7.43. The van der Waals surface area contributed by atoms with Gasteiger partial charge < -0.3 is 10.0 Å². The highest BCUT2D eigenvalue weighted by atomic mass is 16.3. The van der Waals surface area contributed by atoms with Gasteiger partial charge in [-0.3, -0.25) is 0 Å². The molecule has 2 nitrogen and oxygen atoms in total. The van der Waals surface area contributed by atoms with E-state index in [4.69, 9.17) is 0 Å². The van der Waals surface area contributed by atoms with Crippen LogP contribution in [0, 0.1) is 0 Å². The van der Waals surface area contributed by atoms with Crippen molar-refractivity contribution in [2.45, 2.75) is 71.3 Å². The molecule has 1 N–H and O–H groups in total. The van der Waals surface area contributed by atoms with Crippen LogP contribution in [0.2, 0.25) is 0 Å². The minimum Gasteiger partial charge on any atom is -0.507 e. The van der Waals surface area contributed by atoms with Gasteiger partial charge in [-0.1, -0.05) is 45.0 Å². The molecule has 0 spiro atoms. The zero-order chi connectivity index (χ0) is 18.5. The van der Waals surface area contributed by atoms with Gasteiger partial charge in [0.2, 0.25) is 0 Å². The summed E-state index contributed by atoms with van der Waals surface area (Å²) in [4.78, 5) is 2.40. The lowest BCUT2D eigenvalue weighted by atomic mass is 9.85. The number of anilines is 1. The molecule has 0 saturated heterocycles. The quantitative estimate of drug-likeness (QED) is 0.812. The molecule has 0 atom stereocenters. The summed E-state index contributed by atoms with van der Waals surface area (Å²) in [5.74, 6) is 0.469. The number of para-hydroxylation sites is 1. The van der Waals surface area contributed by atoms with Crippen molar-refractivity contribution in [3.8, 4) is 5.75 Å². The van der Waals surface area contributed by atoms with Gasteiger partial charge in [-0.15, -0.1) is 0 Å². The molecule has 2 aromatic carbocycles. The number of phenolic OH excluding ortho intramolecular Hbond substituents is 1. The Bertz CT molecular complexity index is 812. The van der Waals surface area contributed by atoms with Gasteiger partial charge in [0.1, 0.15) is 5.75 Å². The number of phenols is 1. The van der Waals surface area contributed by atoms with Gasteiger partial charge in [0.05, 0.1) is 0 Å². The smallest absolute Gasteiger partial charge is 0.124 e. The van der Waals surface area contributed by atoms with Crippen molar-refractivity contribution in [3.05, 3.63) is 57.6 Å². The predicted octanol–water partition coefficient (Wildman–Crippen LogP) is 5.30. The SMILES string of the molecule is CN(Cc1cccc(C(C)(C)C)c1O)c1c2c(cc3c1CCC3)CCC2. The lowest BCUT2D eigenvalue weighted by Crippen LogP contribution is -2.21. The fourth-order valence-corrected chi connectivity index (χ4v) is 4.91. The molecule has 0 aromatic heterocycles. The van der Waals surface area contributed by atoms with Crippen LogP contribution >= 0.6 is 0 Å². The Morgan fingerprint density at radius 3 is 2.15 bits per heavy atom. The highest BCUT2D eigenvalue weighted by Gasteiger charge is 2.27. The maximum absolute atomic E-state index is 10.9. The first-order chi connectivity index (χ1) is 12.4. The third-order valence-corrected chi connectivity index (χ3v) is 6.16. The van der Waals surface area contributed by atoms with Crippen molar-refractivity contribution >= 4 is 5.69 Å². The summed E-state index contributed by atoms with van der Waals surface area (Å²) >= 11 is 0. The summed E-state index contributed by atoms with van der Waals surface area (Å²) < 4.78 is 0. The van der Waals surface area contributed by atoms with E-state index in [0.29, 0.717) is 5.75 Å². The molecule has 0 fully saturated rings. The van der Waals surface area contributed by atoms with Crippen molar-refractivity contribution in [1.82, 2.24) is 0 Å². The van der Waals surface area contributed by atoms with Gasteiger partial charge in [-0.2, -0.15) is 0 Å². The normalized spacial score (nSPS) is 15.8. The van der Waals surface area contributed by atoms with Crippen molar-refractivity contribution < 1.29 is 5.11 Å². The second-order valence-corrected chi connectivity index (χ2v) is 9.13. The van der Waals surface area contributed by atoms with E-state index in [2.05, 4.69) is 57.0 Å². The van der Waals surface area contributed by atoms with E-state index >= 15 is 0 Å². The van der Waals surface area contributed by atoms with Crippen molar-refractivity contribution in [2.75, 3.05) is 11.9 Å². The standard InChI is InChI=1S/C24H31NO/c1-24(2,3)21-13-7-10-18(23(21)26)15-25(4)22-19-11-5-8-16(19)14-17-9-6-12-20(17)22/h7,10,13-14,26H,5-6,8-9,11-12,15H2,1-4H3. The van der Waals surface area contributed by atoms with Crippen LogP contribution < -0.4 is 4.90 Å². The molecule has 2 aliphatic rings. The maximum Gasteiger partial charge on any atom is 0.124 e. The largest absolute Gasteiger partial charge is 0.507 e. The highest BCUT2D eigenvalue weighted by Crippen LogP contribution is 2.41. The Morgan fingerprint density at radius 1 is 0.962 bits per heavy atom. The zero-order valence-corrected chi connectivity index (χ0v) is 16.7. The number of fused-ring (bicyclic) bond motifs is 2. The van der Waals surface area contributed by atoms with Gasteiger partial charge in [0, 0.05) is 24.8 Å². The van der Waals surface area contributed by atoms with Gasteiger partial charge in [0.15, 0.2) is 0 Å². The molecule has 2 aliphatic carbocycles. The summed E-state index contributed by atoms with van der Waals surface area (Å²) in [5.41, 5.74) is 9.76. The number of benzene rings is 2. The molecule has 4 rings (SSSR count). The second-order valence-electron chi connectivity index (χ2n) is 9.13. The van der Waals surface area contributed by atoms with Crippen LogP contribution in [-0.2, 0) is 37.6 Å². The monoisotopic (exact) mass is 349 g/mol. The van der Waals surface area contributed by atoms with E-state index in [1.54, 1.807) is 22.3 Å². The number of nitrogens with zero attached hydrogens (tertiary/aromatic N) is 1. The lowest BCUT2D eigenvalue weighted by Gasteiger charge is -2.28. The van der Waals surface area contributed by atoms with Gasteiger partial charge in [-0.05, 0) is 71.8 Å². The third-order valence-electron chi connectivity index (χ3n) is 6.16. The Hall–Kier alpha value is -1.96. The number of aromatic hydroxyl groups is 1. The fraction of sp³-hybridized carbons (Fsp3) is 0.500. The van der Waals surface area contributed by atoms with Gasteiger partial charge in [-0.25, -0.2) is 0 Å². The first-order valence-electron chi connectivity index (χ1n) is 10.0. The zero-order valence-electron chi connectivity index (χ0n) is 16.7. The molecule has 2 heteroatoms. The van der Waals surface area contributed by atoms with Crippen LogP contribution in [0.1, 0.15) is 67.0 Å². The molecule has 0 bridgehead atoms. The number of aryl methyl sites for hydroxylation is 2. The molecular weight excluding hydrogens is 318 g/mol. The number of hydrogen-bond donors (Lipinski definition) is 1. The molecule has 0 amide bonds. The minimum atomic E-state index is -0.0477. The Balaban J connectivity index is 1.72. The molecular formula is C24H31NO. The molecule has 0 radical (unpaired) electrons. The van der Waals surface area contributed by atoms with Crippen LogP contribution in [0.15, 0.2) is 24.3 Å². The Morgan fingerprint density at radius 2 is 1.58 bits per heavy atom. The molecule has 138 valence electrons. The Labute approximate surface area is 157 Å². The first-order valence-corrected chi connectivity index (χ1v) is 10.0. The summed E-state index contributed by atoms with van der Waals surface area (Å²) in [7, 11) is 2.20. The molecule has 2 aromatic rings. The van der Waals surface area contributed by atoms with Gasteiger partial charge >= 0.3 is 0 Å². The topological polar surface area (TPSA) is 23.5 Å². The van der Waals surface area contributed by atoms with Crippen molar-refractivity contribution in [1.29, 1.82) is 0 Å². The van der Waals surface area contributed by atoms with Crippen molar-refractivity contribution in [3.63, 3.8) is 0 Å². The van der Waals surface area contributed by atoms with Crippen LogP contribution in [-0.4, -0.2) is 12.2 Å². The van der Waals surface area contributed by atoms with Crippen LogP contribution in [0.4, 0.5) is 5.69 Å². The summed E-state index contributed by atoms with van der Waals surface area (Å²) in [6.45, 7) is 7.24. The van der Waals surface area contributed by atoms with Crippen LogP contribution in [0.3, 0.4) is 0 Å². The van der Waals surface area contributed by atoms with Crippen molar-refractivity contribution in [2.24, 2.45) is 0 Å². The number of hydrogen-bond acceptors (Lipinski definition) is 2. The average molecular weight is 350 g/mol. The van der Waals surface area contributed by atoms with E-state index in [1.165, 1.54) is 44.2 Å².